The first kappa shape index (κ1) is 17.5. The lowest BCUT2D eigenvalue weighted by molar-refractivity contribution is -0.135. The molecule has 0 fully saturated rings. The van der Waals surface area contributed by atoms with Gasteiger partial charge in [-0.25, -0.2) is 8.78 Å². The van der Waals surface area contributed by atoms with E-state index in [0.717, 1.165) is 18.2 Å². The number of carbonyl (C=O) groups is 1. The average molecular weight is 345 g/mol. The van der Waals surface area contributed by atoms with Crippen molar-refractivity contribution in [2.45, 2.75) is 36.6 Å². The molecule has 2 nitrogen and oxygen atoms in total. The Bertz CT molecular complexity index is 489. The minimum Gasteiger partial charge on any atom is -0.330 e. The SMILES string of the molecule is CC(C)(C)N(Cc1cc(F)cc(F)c1)C(=O)C(Cl)(Cl)Cl. The highest BCUT2D eigenvalue weighted by Gasteiger charge is 2.39. The van der Waals surface area contributed by atoms with Gasteiger partial charge in [0, 0.05) is 18.2 Å². The predicted molar refractivity (Wildman–Crippen MR) is 77.0 cm³/mol. The van der Waals surface area contributed by atoms with Crippen molar-refractivity contribution >= 4 is 40.7 Å². The molecule has 0 heterocycles. The molecule has 0 atom stereocenters. The maximum atomic E-state index is 13.2. The van der Waals surface area contributed by atoms with Crippen LogP contribution in [0.4, 0.5) is 8.78 Å². The van der Waals surface area contributed by atoms with Crippen LogP contribution in [0.2, 0.25) is 0 Å². The number of hydrogen-bond acceptors (Lipinski definition) is 1. The van der Waals surface area contributed by atoms with E-state index in [0.29, 0.717) is 0 Å². The standard InChI is InChI=1S/C13H14Cl3F2NO/c1-12(2,3)19(11(20)13(14,15)16)7-8-4-9(17)6-10(18)5-8/h4-6H,7H2,1-3H3. The Labute approximate surface area is 131 Å². The first-order valence-electron chi connectivity index (χ1n) is 5.75. The lowest BCUT2D eigenvalue weighted by Gasteiger charge is -2.37. The molecule has 20 heavy (non-hydrogen) atoms. The van der Waals surface area contributed by atoms with Crippen LogP contribution in [-0.4, -0.2) is 20.1 Å². The summed E-state index contributed by atoms with van der Waals surface area (Å²) in [5.74, 6) is -2.20. The third-order valence-electron chi connectivity index (χ3n) is 2.56. The second-order valence-corrected chi connectivity index (χ2v) is 7.62. The topological polar surface area (TPSA) is 20.3 Å². The second kappa shape index (κ2) is 6.04. The van der Waals surface area contributed by atoms with Crippen LogP contribution < -0.4 is 0 Å². The van der Waals surface area contributed by atoms with Crippen LogP contribution in [0, 0.1) is 11.6 Å². The van der Waals surface area contributed by atoms with Crippen LogP contribution in [0.25, 0.3) is 0 Å². The van der Waals surface area contributed by atoms with Crippen molar-refractivity contribution in [2.24, 2.45) is 0 Å². The van der Waals surface area contributed by atoms with E-state index >= 15 is 0 Å². The molecular weight excluding hydrogens is 331 g/mol. The molecule has 0 aliphatic carbocycles. The van der Waals surface area contributed by atoms with Gasteiger partial charge in [-0.05, 0) is 38.5 Å². The van der Waals surface area contributed by atoms with Crippen LogP contribution in [0.5, 0.6) is 0 Å². The highest BCUT2D eigenvalue weighted by molar-refractivity contribution is 6.76. The molecule has 1 rings (SSSR count). The summed E-state index contributed by atoms with van der Waals surface area (Å²) in [7, 11) is 0. The van der Waals surface area contributed by atoms with E-state index in [1.807, 2.05) is 0 Å². The molecule has 0 radical (unpaired) electrons. The zero-order chi connectivity index (χ0) is 15.7. The monoisotopic (exact) mass is 343 g/mol. The molecule has 0 saturated carbocycles. The molecular formula is C13H14Cl3F2NO. The maximum absolute atomic E-state index is 13.2. The summed E-state index contributed by atoms with van der Waals surface area (Å²) >= 11 is 16.8. The van der Waals surface area contributed by atoms with Crippen molar-refractivity contribution in [3.05, 3.63) is 35.4 Å². The fourth-order valence-corrected chi connectivity index (χ4v) is 1.96. The molecule has 7 heteroatoms. The molecule has 0 aliphatic rings. The third-order valence-corrected chi connectivity index (χ3v) is 3.05. The number of alkyl halides is 3. The number of amides is 1. The van der Waals surface area contributed by atoms with Crippen LogP contribution in [-0.2, 0) is 11.3 Å². The van der Waals surface area contributed by atoms with E-state index in [2.05, 4.69) is 0 Å². The average Bonchev–Trinajstić information content (AvgIpc) is 2.20. The van der Waals surface area contributed by atoms with Gasteiger partial charge >= 0.3 is 0 Å². The Kier molecular flexibility index (Phi) is 5.28. The van der Waals surface area contributed by atoms with Crippen LogP contribution in [0.15, 0.2) is 18.2 Å². The van der Waals surface area contributed by atoms with Crippen LogP contribution in [0.3, 0.4) is 0 Å². The lowest BCUT2D eigenvalue weighted by atomic mass is 10.0. The number of hydrogen-bond donors (Lipinski definition) is 0. The van der Waals surface area contributed by atoms with Crippen molar-refractivity contribution < 1.29 is 13.6 Å². The second-order valence-electron chi connectivity index (χ2n) is 5.34. The number of nitrogens with zero attached hydrogens (tertiary/aromatic N) is 1. The number of rotatable bonds is 2. The third kappa shape index (κ3) is 4.76. The number of carbonyl (C=O) groups excluding carboxylic acids is 1. The molecule has 0 bridgehead atoms. The molecule has 0 spiro atoms. The van der Waals surface area contributed by atoms with E-state index in [9.17, 15) is 13.6 Å². The van der Waals surface area contributed by atoms with E-state index in [-0.39, 0.29) is 12.1 Å². The highest BCUT2D eigenvalue weighted by atomic mass is 35.6. The summed E-state index contributed by atoms with van der Waals surface area (Å²) in [5, 5.41) is 0. The first-order valence-corrected chi connectivity index (χ1v) is 6.88. The maximum Gasteiger partial charge on any atom is 0.275 e. The largest absolute Gasteiger partial charge is 0.330 e. The Balaban J connectivity index is 3.11. The van der Waals surface area contributed by atoms with Gasteiger partial charge in [-0.2, -0.15) is 0 Å². The van der Waals surface area contributed by atoms with E-state index in [4.69, 9.17) is 34.8 Å². The van der Waals surface area contributed by atoms with E-state index in [1.165, 1.54) is 4.90 Å². The summed E-state index contributed by atoms with van der Waals surface area (Å²) in [4.78, 5) is 13.4. The van der Waals surface area contributed by atoms with Crippen molar-refractivity contribution in [1.82, 2.24) is 4.90 Å². The fourth-order valence-electron chi connectivity index (χ4n) is 1.65. The summed E-state index contributed by atoms with van der Waals surface area (Å²) in [5.41, 5.74) is -0.399. The van der Waals surface area contributed by atoms with Gasteiger partial charge < -0.3 is 4.90 Å². The summed E-state index contributed by atoms with van der Waals surface area (Å²) in [6.45, 7) is 5.13. The molecule has 1 aromatic carbocycles. The zero-order valence-corrected chi connectivity index (χ0v) is 13.5. The Morgan fingerprint density at radius 1 is 1.10 bits per heavy atom. The van der Waals surface area contributed by atoms with Gasteiger partial charge in [-0.3, -0.25) is 4.79 Å². The van der Waals surface area contributed by atoms with Gasteiger partial charge in [0.25, 0.3) is 9.70 Å². The molecule has 112 valence electrons. The van der Waals surface area contributed by atoms with Gasteiger partial charge in [0.05, 0.1) is 0 Å². The summed E-state index contributed by atoms with van der Waals surface area (Å²) in [6.07, 6.45) is 0. The molecule has 0 aromatic heterocycles. The normalized spacial score (nSPS) is 12.4. The van der Waals surface area contributed by atoms with Gasteiger partial charge in [0.15, 0.2) is 0 Å². The Morgan fingerprint density at radius 3 is 1.90 bits per heavy atom. The van der Waals surface area contributed by atoms with Gasteiger partial charge in [-0.15, -0.1) is 0 Å². The quantitative estimate of drug-likeness (QED) is 0.725. The smallest absolute Gasteiger partial charge is 0.275 e. The predicted octanol–water partition coefficient (Wildman–Crippen LogP) is 4.46. The zero-order valence-electron chi connectivity index (χ0n) is 11.2. The first-order chi connectivity index (χ1) is 8.91. The lowest BCUT2D eigenvalue weighted by Crippen LogP contribution is -2.49. The molecule has 0 saturated heterocycles. The molecule has 0 aliphatic heterocycles. The van der Waals surface area contributed by atoms with Crippen molar-refractivity contribution in [3.8, 4) is 0 Å². The minimum atomic E-state index is -2.13. The number of benzene rings is 1. The van der Waals surface area contributed by atoms with Gasteiger partial charge in [-0.1, -0.05) is 34.8 Å². The summed E-state index contributed by atoms with van der Waals surface area (Å²) < 4.78 is 24.3. The Morgan fingerprint density at radius 2 is 1.55 bits per heavy atom. The molecule has 1 amide bonds. The van der Waals surface area contributed by atoms with E-state index in [1.54, 1.807) is 20.8 Å². The van der Waals surface area contributed by atoms with E-state index < -0.39 is 26.9 Å². The van der Waals surface area contributed by atoms with Crippen molar-refractivity contribution in [3.63, 3.8) is 0 Å². The fraction of sp³-hybridized carbons (Fsp3) is 0.462. The van der Waals surface area contributed by atoms with Crippen molar-refractivity contribution in [1.29, 1.82) is 0 Å². The van der Waals surface area contributed by atoms with Crippen LogP contribution in [0.1, 0.15) is 26.3 Å². The summed E-state index contributed by atoms with van der Waals surface area (Å²) in [6, 6.07) is 3.02. The molecule has 1 aromatic rings. The van der Waals surface area contributed by atoms with Crippen LogP contribution >= 0.6 is 34.8 Å². The molecule has 0 N–H and O–H groups in total. The van der Waals surface area contributed by atoms with Gasteiger partial charge in [0.1, 0.15) is 11.6 Å². The molecule has 0 unspecified atom stereocenters. The number of halogens is 5. The minimum absolute atomic E-state index is 0.0646. The van der Waals surface area contributed by atoms with Gasteiger partial charge in [0.2, 0.25) is 0 Å². The highest BCUT2D eigenvalue weighted by Crippen LogP contribution is 2.32. The van der Waals surface area contributed by atoms with Crippen molar-refractivity contribution in [2.75, 3.05) is 0 Å². The Hall–Kier alpha value is -0.580.